The molecule has 1 aliphatic heterocycles. The lowest BCUT2D eigenvalue weighted by Gasteiger charge is -2.37. The molecule has 2 rings (SSSR count). The van der Waals surface area contributed by atoms with Gasteiger partial charge in [0.25, 0.3) is 0 Å². The van der Waals surface area contributed by atoms with E-state index in [1.165, 1.54) is 11.1 Å². The van der Waals surface area contributed by atoms with Crippen molar-refractivity contribution in [2.75, 3.05) is 33.3 Å². The molecule has 0 radical (unpaired) electrons. The molecular weight excluding hydrogens is 304 g/mol. The number of nitrogens with zero attached hydrogens (tertiary/aromatic N) is 2. The highest BCUT2D eigenvalue weighted by molar-refractivity contribution is 5.88. The quantitative estimate of drug-likeness (QED) is 0.745. The first-order valence-corrected chi connectivity index (χ1v) is 8.70. The number of methoxy groups -OCH3 is 1. The molecule has 5 nitrogen and oxygen atoms in total. The maximum atomic E-state index is 12.4. The number of carbonyl (C=O) groups excluding carboxylic acids is 2. The van der Waals surface area contributed by atoms with Crippen molar-refractivity contribution >= 4 is 11.8 Å². The molecule has 1 fully saturated rings. The summed E-state index contributed by atoms with van der Waals surface area (Å²) < 4.78 is 5.53. The van der Waals surface area contributed by atoms with Crippen molar-refractivity contribution in [2.45, 2.75) is 46.6 Å². The van der Waals surface area contributed by atoms with E-state index in [2.05, 4.69) is 20.8 Å². The van der Waals surface area contributed by atoms with Gasteiger partial charge < -0.3 is 14.5 Å². The number of allylic oxidation sites excluding steroid dienone is 2. The molecule has 1 aliphatic carbocycles. The average Bonchev–Trinajstić information content (AvgIpc) is 2.53. The van der Waals surface area contributed by atoms with Gasteiger partial charge in [-0.15, -0.1) is 0 Å². The standard InChI is InChI=1S/C19H30N2O3/c1-14-12-16(24-5)13-19(3,4)17(14)6-7-18(23)21-10-8-20(9-11-21)15(2)22/h6-7,16H,8-13H2,1-5H3/b7-6+. The van der Waals surface area contributed by atoms with Crippen molar-refractivity contribution in [3.8, 4) is 0 Å². The molecule has 0 spiro atoms. The summed E-state index contributed by atoms with van der Waals surface area (Å²) in [6.07, 6.45) is 5.82. The van der Waals surface area contributed by atoms with Crippen LogP contribution in [0.5, 0.6) is 0 Å². The third kappa shape index (κ3) is 4.26. The second-order valence-corrected chi connectivity index (χ2v) is 7.51. The summed E-state index contributed by atoms with van der Waals surface area (Å²) in [5.41, 5.74) is 2.54. The van der Waals surface area contributed by atoms with Crippen molar-refractivity contribution in [3.63, 3.8) is 0 Å². The lowest BCUT2D eigenvalue weighted by Crippen LogP contribution is -2.49. The Labute approximate surface area is 145 Å². The van der Waals surface area contributed by atoms with Gasteiger partial charge in [0.15, 0.2) is 0 Å². The molecule has 0 aromatic heterocycles. The zero-order chi connectivity index (χ0) is 17.9. The molecule has 1 atom stereocenters. The van der Waals surface area contributed by atoms with Crippen LogP contribution in [0.2, 0.25) is 0 Å². The van der Waals surface area contributed by atoms with E-state index in [0.717, 1.165) is 12.8 Å². The molecule has 2 aliphatic rings. The minimum absolute atomic E-state index is 0.00706. The van der Waals surface area contributed by atoms with Crippen LogP contribution in [0.15, 0.2) is 23.3 Å². The van der Waals surface area contributed by atoms with Gasteiger partial charge in [-0.3, -0.25) is 9.59 Å². The normalized spacial score (nSPS) is 24.6. The fourth-order valence-electron chi connectivity index (χ4n) is 3.82. The number of ether oxygens (including phenoxy) is 1. The first-order chi connectivity index (χ1) is 11.2. The maximum Gasteiger partial charge on any atom is 0.246 e. The van der Waals surface area contributed by atoms with Gasteiger partial charge >= 0.3 is 0 Å². The van der Waals surface area contributed by atoms with Crippen molar-refractivity contribution in [1.29, 1.82) is 0 Å². The van der Waals surface area contributed by atoms with E-state index < -0.39 is 0 Å². The van der Waals surface area contributed by atoms with E-state index in [1.54, 1.807) is 25.0 Å². The number of amides is 2. The molecule has 0 N–H and O–H groups in total. The van der Waals surface area contributed by atoms with Crippen LogP contribution in [0.1, 0.15) is 40.5 Å². The van der Waals surface area contributed by atoms with Gasteiger partial charge in [0.05, 0.1) is 6.10 Å². The molecular formula is C19H30N2O3. The fraction of sp³-hybridized carbons (Fsp3) is 0.684. The summed E-state index contributed by atoms with van der Waals surface area (Å²) in [5, 5.41) is 0. The Morgan fingerprint density at radius 1 is 1.17 bits per heavy atom. The molecule has 0 saturated carbocycles. The smallest absolute Gasteiger partial charge is 0.246 e. The molecule has 0 bridgehead atoms. The topological polar surface area (TPSA) is 49.9 Å². The van der Waals surface area contributed by atoms with Crippen LogP contribution in [0.4, 0.5) is 0 Å². The van der Waals surface area contributed by atoms with E-state index in [4.69, 9.17) is 4.74 Å². The number of piperazine rings is 1. The molecule has 1 heterocycles. The van der Waals surface area contributed by atoms with Crippen molar-refractivity contribution < 1.29 is 14.3 Å². The Morgan fingerprint density at radius 3 is 2.25 bits per heavy atom. The molecule has 134 valence electrons. The number of hydrogen-bond donors (Lipinski definition) is 0. The SMILES string of the molecule is COC1CC(C)=C(/C=C/C(=O)N2CCN(C(C)=O)CC2)C(C)(C)C1. The lowest BCUT2D eigenvalue weighted by molar-refractivity contribution is -0.135. The second-order valence-electron chi connectivity index (χ2n) is 7.51. The molecule has 1 saturated heterocycles. The van der Waals surface area contributed by atoms with E-state index >= 15 is 0 Å². The predicted octanol–water partition coefficient (Wildman–Crippen LogP) is 2.38. The van der Waals surface area contributed by atoms with Crippen molar-refractivity contribution in [3.05, 3.63) is 23.3 Å². The summed E-state index contributed by atoms with van der Waals surface area (Å²) >= 11 is 0. The van der Waals surface area contributed by atoms with Crippen LogP contribution >= 0.6 is 0 Å². The van der Waals surface area contributed by atoms with Gasteiger partial charge in [-0.2, -0.15) is 0 Å². The van der Waals surface area contributed by atoms with E-state index in [0.29, 0.717) is 26.2 Å². The third-order valence-electron chi connectivity index (χ3n) is 5.22. The summed E-state index contributed by atoms with van der Waals surface area (Å²) in [4.78, 5) is 27.4. The van der Waals surface area contributed by atoms with E-state index in [1.807, 2.05) is 11.0 Å². The van der Waals surface area contributed by atoms with Gasteiger partial charge in [0.1, 0.15) is 0 Å². The van der Waals surface area contributed by atoms with Crippen LogP contribution in [-0.4, -0.2) is 61.0 Å². The largest absolute Gasteiger partial charge is 0.381 e. The highest BCUT2D eigenvalue weighted by atomic mass is 16.5. The summed E-state index contributed by atoms with van der Waals surface area (Å²) in [6, 6.07) is 0. The van der Waals surface area contributed by atoms with Gasteiger partial charge in [-0.25, -0.2) is 0 Å². The second kappa shape index (κ2) is 7.51. The van der Waals surface area contributed by atoms with Crippen LogP contribution in [-0.2, 0) is 14.3 Å². The molecule has 24 heavy (non-hydrogen) atoms. The highest BCUT2D eigenvalue weighted by Gasteiger charge is 2.32. The van der Waals surface area contributed by atoms with E-state index in [9.17, 15) is 9.59 Å². The van der Waals surface area contributed by atoms with Crippen LogP contribution in [0.25, 0.3) is 0 Å². The first-order valence-electron chi connectivity index (χ1n) is 8.70. The monoisotopic (exact) mass is 334 g/mol. The van der Waals surface area contributed by atoms with Gasteiger partial charge in [-0.05, 0) is 30.8 Å². The molecule has 0 aromatic rings. The third-order valence-corrected chi connectivity index (χ3v) is 5.22. The minimum Gasteiger partial charge on any atom is -0.381 e. The molecule has 5 heteroatoms. The number of hydrogen-bond acceptors (Lipinski definition) is 3. The Hall–Kier alpha value is -1.62. The van der Waals surface area contributed by atoms with Crippen LogP contribution in [0.3, 0.4) is 0 Å². The van der Waals surface area contributed by atoms with Crippen molar-refractivity contribution in [2.24, 2.45) is 5.41 Å². The maximum absolute atomic E-state index is 12.4. The molecule has 0 aromatic carbocycles. The summed E-state index contributed by atoms with van der Waals surface area (Å²) in [6.45, 7) is 10.6. The zero-order valence-electron chi connectivity index (χ0n) is 15.6. The fourth-order valence-corrected chi connectivity index (χ4v) is 3.82. The van der Waals surface area contributed by atoms with Gasteiger partial charge in [0, 0.05) is 46.3 Å². The van der Waals surface area contributed by atoms with Crippen molar-refractivity contribution in [1.82, 2.24) is 9.80 Å². The summed E-state index contributed by atoms with van der Waals surface area (Å²) in [7, 11) is 1.76. The number of carbonyl (C=O) groups is 2. The van der Waals surface area contributed by atoms with E-state index in [-0.39, 0.29) is 23.3 Å². The number of rotatable bonds is 3. The Morgan fingerprint density at radius 2 is 1.75 bits per heavy atom. The highest BCUT2D eigenvalue weighted by Crippen LogP contribution is 2.41. The van der Waals surface area contributed by atoms with Crippen LogP contribution < -0.4 is 0 Å². The lowest BCUT2D eigenvalue weighted by atomic mass is 9.71. The minimum atomic E-state index is 0.00706. The first kappa shape index (κ1) is 18.7. The summed E-state index contributed by atoms with van der Waals surface area (Å²) in [5.74, 6) is 0.109. The molecule has 2 amide bonds. The van der Waals surface area contributed by atoms with Gasteiger partial charge in [-0.1, -0.05) is 25.5 Å². The zero-order valence-corrected chi connectivity index (χ0v) is 15.6. The molecule has 1 unspecified atom stereocenters. The average molecular weight is 334 g/mol. The van der Waals surface area contributed by atoms with Crippen LogP contribution in [0, 0.1) is 5.41 Å². The Balaban J connectivity index is 2.02. The Bertz CT molecular complexity index is 555. The predicted molar refractivity (Wildman–Crippen MR) is 94.5 cm³/mol. The van der Waals surface area contributed by atoms with Gasteiger partial charge in [0.2, 0.25) is 11.8 Å². The Kier molecular flexibility index (Phi) is 5.86.